The molecule has 0 rings (SSSR count). The van der Waals surface area contributed by atoms with Crippen LogP contribution in [0.1, 0.15) is 259 Å². The second kappa shape index (κ2) is 41.1. The normalized spacial score (nSPS) is 12.6. The molecular weight excluding hydrogens is 673 g/mol. The number of rotatable bonds is 42. The molecule has 0 saturated carbocycles. The van der Waals surface area contributed by atoms with Crippen LogP contribution in [0.25, 0.3) is 0 Å². The zero-order chi connectivity index (χ0) is 39.7. The van der Waals surface area contributed by atoms with Crippen molar-refractivity contribution < 1.29 is 28.6 Å². The molecule has 0 amide bonds. The van der Waals surface area contributed by atoms with Gasteiger partial charge in [-0.25, -0.2) is 0 Å². The van der Waals surface area contributed by atoms with Gasteiger partial charge >= 0.3 is 17.9 Å². The summed E-state index contributed by atoms with van der Waals surface area (Å²) in [5.41, 5.74) is 0. The van der Waals surface area contributed by atoms with Crippen molar-refractivity contribution in [2.75, 3.05) is 13.2 Å². The van der Waals surface area contributed by atoms with Gasteiger partial charge in [0.2, 0.25) is 0 Å². The van der Waals surface area contributed by atoms with E-state index in [4.69, 9.17) is 14.2 Å². The Labute approximate surface area is 336 Å². The molecule has 6 heteroatoms. The third-order valence-corrected chi connectivity index (χ3v) is 11.1. The molecule has 0 aliphatic carbocycles. The largest absolute Gasteiger partial charge is 0.462 e. The molecule has 0 aliphatic heterocycles. The standard InChI is InChI=1S/C48H92O6/c1-6-8-9-10-11-12-18-25-30-35-40-48(51)54-45(42-53-47(50)39-34-29-24-20-15-16-21-26-31-36-43(3)4)41-52-46(49)38-33-28-23-19-14-13-17-22-27-32-37-44(5)7-2/h43-45H,6-42H2,1-5H3/t44?,45-/m0/s1. The molecule has 0 aromatic heterocycles. The Kier molecular flexibility index (Phi) is 39.8. The van der Waals surface area contributed by atoms with Crippen LogP contribution < -0.4 is 0 Å². The van der Waals surface area contributed by atoms with Gasteiger partial charge in [0.15, 0.2) is 6.10 Å². The predicted molar refractivity (Wildman–Crippen MR) is 229 cm³/mol. The third kappa shape index (κ3) is 40.1. The van der Waals surface area contributed by atoms with Gasteiger partial charge in [0.05, 0.1) is 0 Å². The van der Waals surface area contributed by atoms with Crippen molar-refractivity contribution in [3.63, 3.8) is 0 Å². The zero-order valence-electron chi connectivity index (χ0n) is 36.8. The summed E-state index contributed by atoms with van der Waals surface area (Å²) in [6.07, 6.45) is 39.4. The lowest BCUT2D eigenvalue weighted by Gasteiger charge is -2.18. The smallest absolute Gasteiger partial charge is 0.306 e. The average molecular weight is 765 g/mol. The molecule has 0 radical (unpaired) electrons. The van der Waals surface area contributed by atoms with Crippen LogP contribution in [0.2, 0.25) is 0 Å². The Morgan fingerprint density at radius 2 is 0.704 bits per heavy atom. The maximum atomic E-state index is 12.7. The van der Waals surface area contributed by atoms with Crippen molar-refractivity contribution in [1.82, 2.24) is 0 Å². The van der Waals surface area contributed by atoms with E-state index in [0.717, 1.165) is 69.6 Å². The van der Waals surface area contributed by atoms with E-state index in [1.54, 1.807) is 0 Å². The van der Waals surface area contributed by atoms with Gasteiger partial charge in [-0.2, -0.15) is 0 Å². The molecular formula is C48H92O6. The van der Waals surface area contributed by atoms with E-state index in [2.05, 4.69) is 34.6 Å². The van der Waals surface area contributed by atoms with Crippen molar-refractivity contribution in [3.8, 4) is 0 Å². The monoisotopic (exact) mass is 765 g/mol. The molecule has 320 valence electrons. The molecule has 0 aromatic rings. The minimum Gasteiger partial charge on any atom is -0.462 e. The highest BCUT2D eigenvalue weighted by atomic mass is 16.6. The lowest BCUT2D eigenvalue weighted by molar-refractivity contribution is -0.167. The van der Waals surface area contributed by atoms with Crippen LogP contribution in [-0.4, -0.2) is 37.2 Å². The van der Waals surface area contributed by atoms with Crippen molar-refractivity contribution >= 4 is 17.9 Å². The summed E-state index contributed by atoms with van der Waals surface area (Å²) in [4.78, 5) is 37.7. The first-order valence-corrected chi connectivity index (χ1v) is 23.8. The van der Waals surface area contributed by atoms with E-state index in [-0.39, 0.29) is 31.1 Å². The highest BCUT2D eigenvalue weighted by molar-refractivity contribution is 5.71. The van der Waals surface area contributed by atoms with Gasteiger partial charge in [-0.05, 0) is 31.1 Å². The van der Waals surface area contributed by atoms with E-state index in [0.29, 0.717) is 19.3 Å². The van der Waals surface area contributed by atoms with E-state index < -0.39 is 6.10 Å². The van der Waals surface area contributed by atoms with E-state index in [1.165, 1.54) is 148 Å². The lowest BCUT2D eigenvalue weighted by Crippen LogP contribution is -2.30. The number of hydrogen-bond acceptors (Lipinski definition) is 6. The fourth-order valence-electron chi connectivity index (χ4n) is 7.07. The number of carbonyl (C=O) groups excluding carboxylic acids is 3. The summed E-state index contributed by atoms with van der Waals surface area (Å²) < 4.78 is 16.7. The Hall–Kier alpha value is -1.59. The van der Waals surface area contributed by atoms with Gasteiger partial charge in [0.1, 0.15) is 13.2 Å². The average Bonchev–Trinajstić information content (AvgIpc) is 3.15. The summed E-state index contributed by atoms with van der Waals surface area (Å²) in [6, 6.07) is 0. The summed E-state index contributed by atoms with van der Waals surface area (Å²) in [7, 11) is 0. The lowest BCUT2D eigenvalue weighted by atomic mass is 9.99. The molecule has 0 N–H and O–H groups in total. The predicted octanol–water partition coefficient (Wildman–Crippen LogP) is 15.0. The van der Waals surface area contributed by atoms with Gasteiger partial charge < -0.3 is 14.2 Å². The molecule has 54 heavy (non-hydrogen) atoms. The fourth-order valence-corrected chi connectivity index (χ4v) is 7.07. The number of unbranched alkanes of at least 4 members (excludes halogenated alkanes) is 26. The summed E-state index contributed by atoms with van der Waals surface area (Å²) in [5, 5.41) is 0. The van der Waals surface area contributed by atoms with Gasteiger partial charge in [0, 0.05) is 19.3 Å². The SMILES string of the molecule is CCCCCCCCCCCCC(=O)O[C@@H](COC(=O)CCCCCCCCCCCCC(C)CC)COC(=O)CCCCCCCCCCCC(C)C. The molecule has 0 aliphatic rings. The highest BCUT2D eigenvalue weighted by Crippen LogP contribution is 2.17. The summed E-state index contributed by atoms with van der Waals surface area (Å²) >= 11 is 0. The molecule has 0 bridgehead atoms. The number of ether oxygens (including phenoxy) is 3. The van der Waals surface area contributed by atoms with Gasteiger partial charge in [-0.3, -0.25) is 14.4 Å². The van der Waals surface area contributed by atoms with Crippen LogP contribution in [0.4, 0.5) is 0 Å². The van der Waals surface area contributed by atoms with Crippen molar-refractivity contribution in [1.29, 1.82) is 0 Å². The van der Waals surface area contributed by atoms with E-state index in [1.807, 2.05) is 0 Å². The Balaban J connectivity index is 4.32. The molecule has 0 fully saturated rings. The molecule has 0 spiro atoms. The minimum atomic E-state index is -0.760. The second-order valence-corrected chi connectivity index (χ2v) is 17.1. The molecule has 1 unspecified atom stereocenters. The van der Waals surface area contributed by atoms with Crippen molar-refractivity contribution in [2.24, 2.45) is 11.8 Å². The van der Waals surface area contributed by atoms with Crippen LogP contribution in [-0.2, 0) is 28.6 Å². The first-order valence-electron chi connectivity index (χ1n) is 23.8. The minimum absolute atomic E-state index is 0.0648. The van der Waals surface area contributed by atoms with Gasteiger partial charge in [0.25, 0.3) is 0 Å². The zero-order valence-corrected chi connectivity index (χ0v) is 36.8. The molecule has 0 aromatic carbocycles. The number of hydrogen-bond donors (Lipinski definition) is 0. The van der Waals surface area contributed by atoms with Crippen molar-refractivity contribution in [2.45, 2.75) is 265 Å². The van der Waals surface area contributed by atoms with Gasteiger partial charge in [-0.1, -0.05) is 221 Å². The van der Waals surface area contributed by atoms with Gasteiger partial charge in [-0.15, -0.1) is 0 Å². The maximum absolute atomic E-state index is 12.7. The quantitative estimate of drug-likeness (QED) is 0.0350. The van der Waals surface area contributed by atoms with Crippen LogP contribution >= 0.6 is 0 Å². The number of esters is 3. The van der Waals surface area contributed by atoms with Crippen LogP contribution in [0.3, 0.4) is 0 Å². The van der Waals surface area contributed by atoms with Crippen molar-refractivity contribution in [3.05, 3.63) is 0 Å². The summed E-state index contributed by atoms with van der Waals surface area (Å²) in [5.74, 6) is 0.822. The summed E-state index contributed by atoms with van der Waals surface area (Å²) in [6.45, 7) is 11.3. The second-order valence-electron chi connectivity index (χ2n) is 17.1. The van der Waals surface area contributed by atoms with Crippen LogP contribution in [0, 0.1) is 11.8 Å². The van der Waals surface area contributed by atoms with Crippen LogP contribution in [0.5, 0.6) is 0 Å². The number of carbonyl (C=O) groups is 3. The molecule has 0 saturated heterocycles. The Bertz CT molecular complexity index is 826. The Morgan fingerprint density at radius 1 is 0.389 bits per heavy atom. The molecule has 0 heterocycles. The van der Waals surface area contributed by atoms with E-state index in [9.17, 15) is 14.4 Å². The topological polar surface area (TPSA) is 78.9 Å². The van der Waals surface area contributed by atoms with E-state index >= 15 is 0 Å². The fraction of sp³-hybridized carbons (Fsp3) is 0.938. The highest BCUT2D eigenvalue weighted by Gasteiger charge is 2.19. The first kappa shape index (κ1) is 52.4. The third-order valence-electron chi connectivity index (χ3n) is 11.1. The molecule has 6 nitrogen and oxygen atoms in total. The van der Waals surface area contributed by atoms with Crippen LogP contribution in [0.15, 0.2) is 0 Å². The first-order chi connectivity index (χ1) is 26.3. The molecule has 2 atom stereocenters. The maximum Gasteiger partial charge on any atom is 0.306 e. The Morgan fingerprint density at radius 3 is 1.06 bits per heavy atom.